The van der Waals surface area contributed by atoms with Crippen LogP contribution in [0.4, 0.5) is 0 Å². The zero-order valence-electron chi connectivity index (χ0n) is 11.1. The zero-order valence-corrected chi connectivity index (χ0v) is 11.1. The van der Waals surface area contributed by atoms with Gasteiger partial charge in [0.25, 0.3) is 0 Å². The Bertz CT molecular complexity index is 254. The molecule has 0 amide bonds. The summed E-state index contributed by atoms with van der Waals surface area (Å²) in [5.41, 5.74) is 4.65. The van der Waals surface area contributed by atoms with Crippen LogP contribution in [0.2, 0.25) is 0 Å². The lowest BCUT2D eigenvalue weighted by Crippen LogP contribution is -2.45. The predicted octanol–water partition coefficient (Wildman–Crippen LogP) is 1.83. The van der Waals surface area contributed by atoms with E-state index in [1.165, 1.54) is 25.7 Å². The molecule has 1 aliphatic heterocycles. The van der Waals surface area contributed by atoms with Crippen LogP contribution >= 0.6 is 0 Å². The van der Waals surface area contributed by atoms with Gasteiger partial charge in [0.05, 0.1) is 0 Å². The number of carboxylic acids is 1. The number of nitrogens with zero attached hydrogens (tertiary/aromatic N) is 1. The molecule has 1 fully saturated rings. The molecular weight excluding hydrogens is 216 g/mol. The summed E-state index contributed by atoms with van der Waals surface area (Å²) in [6, 6.07) is 0.631. The van der Waals surface area contributed by atoms with Crippen LogP contribution in [0.1, 0.15) is 52.4 Å². The Morgan fingerprint density at radius 2 is 2.18 bits per heavy atom. The lowest BCUT2D eigenvalue weighted by atomic mass is 9.97. The van der Waals surface area contributed by atoms with E-state index in [4.69, 9.17) is 10.8 Å². The van der Waals surface area contributed by atoms with Crippen LogP contribution in [0.25, 0.3) is 0 Å². The third-order valence-electron chi connectivity index (χ3n) is 3.82. The zero-order chi connectivity index (χ0) is 12.9. The molecule has 1 saturated heterocycles. The number of likely N-dealkylation sites (tertiary alicyclic amines) is 1. The quantitative estimate of drug-likeness (QED) is 0.772. The average molecular weight is 242 g/mol. The highest BCUT2D eigenvalue weighted by Crippen LogP contribution is 2.18. The number of hydrogen-bond donors (Lipinski definition) is 2. The van der Waals surface area contributed by atoms with Crippen molar-refractivity contribution in [1.82, 2.24) is 4.90 Å². The highest BCUT2D eigenvalue weighted by atomic mass is 16.4. The Morgan fingerprint density at radius 3 is 2.82 bits per heavy atom. The molecule has 4 nitrogen and oxygen atoms in total. The van der Waals surface area contributed by atoms with E-state index in [2.05, 4.69) is 11.8 Å². The molecule has 100 valence electrons. The lowest BCUT2D eigenvalue weighted by molar-refractivity contribution is -0.142. The van der Waals surface area contributed by atoms with E-state index >= 15 is 0 Å². The fourth-order valence-electron chi connectivity index (χ4n) is 2.42. The van der Waals surface area contributed by atoms with Gasteiger partial charge in [-0.1, -0.05) is 12.8 Å². The highest BCUT2D eigenvalue weighted by molar-refractivity contribution is 5.77. The van der Waals surface area contributed by atoms with Crippen molar-refractivity contribution in [2.45, 2.75) is 64.0 Å². The summed E-state index contributed by atoms with van der Waals surface area (Å²) in [4.78, 5) is 13.4. The monoisotopic (exact) mass is 242 g/mol. The van der Waals surface area contributed by atoms with Crippen LogP contribution in [-0.2, 0) is 4.79 Å². The smallest absolute Gasteiger partial charge is 0.323 e. The number of rotatable bonds is 5. The number of aliphatic carboxylic acids is 1. The van der Waals surface area contributed by atoms with Gasteiger partial charge in [0.15, 0.2) is 0 Å². The summed E-state index contributed by atoms with van der Waals surface area (Å²) in [5, 5.41) is 8.94. The van der Waals surface area contributed by atoms with Gasteiger partial charge in [-0.05, 0) is 52.6 Å². The van der Waals surface area contributed by atoms with Crippen LogP contribution < -0.4 is 5.73 Å². The molecule has 4 heteroatoms. The van der Waals surface area contributed by atoms with E-state index in [9.17, 15) is 4.79 Å². The first kappa shape index (κ1) is 14.5. The summed E-state index contributed by atoms with van der Waals surface area (Å²) in [6.45, 7) is 5.99. The molecule has 2 atom stereocenters. The average Bonchev–Trinajstić information content (AvgIpc) is 2.44. The summed E-state index contributed by atoms with van der Waals surface area (Å²) < 4.78 is 0. The third kappa shape index (κ3) is 4.64. The van der Waals surface area contributed by atoms with Crippen LogP contribution in [0, 0.1) is 0 Å². The van der Waals surface area contributed by atoms with Crippen molar-refractivity contribution in [3.8, 4) is 0 Å². The van der Waals surface area contributed by atoms with E-state index in [0.29, 0.717) is 12.5 Å². The summed E-state index contributed by atoms with van der Waals surface area (Å²) in [5.74, 6) is -0.901. The molecule has 1 heterocycles. The normalized spacial score (nSPS) is 26.2. The molecule has 0 spiro atoms. The second kappa shape index (κ2) is 6.36. The largest absolute Gasteiger partial charge is 0.480 e. The Balaban J connectivity index is 2.32. The number of nitrogens with two attached hydrogens (primary N) is 1. The van der Waals surface area contributed by atoms with Crippen molar-refractivity contribution < 1.29 is 9.90 Å². The molecule has 3 N–H and O–H groups in total. The Kier molecular flexibility index (Phi) is 5.40. The van der Waals surface area contributed by atoms with Gasteiger partial charge < -0.3 is 15.7 Å². The Morgan fingerprint density at radius 1 is 1.47 bits per heavy atom. The van der Waals surface area contributed by atoms with Gasteiger partial charge in [-0.2, -0.15) is 0 Å². The van der Waals surface area contributed by atoms with Gasteiger partial charge in [0.2, 0.25) is 0 Å². The molecule has 0 aliphatic carbocycles. The fraction of sp³-hybridized carbons (Fsp3) is 0.923. The Hall–Kier alpha value is -0.610. The van der Waals surface area contributed by atoms with Gasteiger partial charge >= 0.3 is 5.97 Å². The number of carboxylic acid groups (broad SMARTS) is 1. The van der Waals surface area contributed by atoms with Gasteiger partial charge in [-0.25, -0.2) is 0 Å². The number of hydrogen-bond acceptors (Lipinski definition) is 3. The first-order valence-electron chi connectivity index (χ1n) is 6.70. The van der Waals surface area contributed by atoms with Gasteiger partial charge in [0, 0.05) is 6.04 Å². The topological polar surface area (TPSA) is 66.6 Å². The molecule has 0 aromatic heterocycles. The molecule has 0 aromatic rings. The van der Waals surface area contributed by atoms with Crippen molar-refractivity contribution in [2.24, 2.45) is 5.73 Å². The molecule has 0 bridgehead atoms. The fourth-order valence-corrected chi connectivity index (χ4v) is 2.42. The third-order valence-corrected chi connectivity index (χ3v) is 3.82. The van der Waals surface area contributed by atoms with E-state index in [-0.39, 0.29) is 0 Å². The molecule has 1 aliphatic rings. The predicted molar refractivity (Wildman–Crippen MR) is 69.0 cm³/mol. The van der Waals surface area contributed by atoms with Gasteiger partial charge in [-0.3, -0.25) is 4.79 Å². The summed E-state index contributed by atoms with van der Waals surface area (Å²) in [7, 11) is 0. The first-order valence-corrected chi connectivity index (χ1v) is 6.70. The van der Waals surface area contributed by atoms with Crippen molar-refractivity contribution >= 4 is 5.97 Å². The molecule has 2 unspecified atom stereocenters. The van der Waals surface area contributed by atoms with Crippen LogP contribution in [-0.4, -0.2) is 40.6 Å². The van der Waals surface area contributed by atoms with Crippen LogP contribution in [0.3, 0.4) is 0 Å². The van der Waals surface area contributed by atoms with E-state index < -0.39 is 11.5 Å². The summed E-state index contributed by atoms with van der Waals surface area (Å²) >= 11 is 0. The minimum atomic E-state index is -1.07. The van der Waals surface area contributed by atoms with Crippen molar-refractivity contribution in [3.05, 3.63) is 0 Å². The van der Waals surface area contributed by atoms with E-state index in [1.54, 1.807) is 6.92 Å². The van der Waals surface area contributed by atoms with Crippen molar-refractivity contribution in [3.63, 3.8) is 0 Å². The molecule has 17 heavy (non-hydrogen) atoms. The lowest BCUT2D eigenvalue weighted by Gasteiger charge is -2.28. The van der Waals surface area contributed by atoms with Gasteiger partial charge in [-0.15, -0.1) is 0 Å². The standard InChI is InChI=1S/C13H26N2O2/c1-11-7-4-3-5-9-15(11)10-6-8-13(2,14)12(16)17/h11H,3-10,14H2,1-2H3,(H,16,17). The van der Waals surface area contributed by atoms with Crippen LogP contribution in [0.15, 0.2) is 0 Å². The second-order valence-electron chi connectivity index (χ2n) is 5.56. The number of carbonyl (C=O) groups is 1. The maximum absolute atomic E-state index is 10.9. The van der Waals surface area contributed by atoms with Gasteiger partial charge in [0.1, 0.15) is 5.54 Å². The molecule has 0 radical (unpaired) electrons. The second-order valence-corrected chi connectivity index (χ2v) is 5.56. The van der Waals surface area contributed by atoms with E-state index in [1.807, 2.05) is 0 Å². The highest BCUT2D eigenvalue weighted by Gasteiger charge is 2.27. The summed E-state index contributed by atoms with van der Waals surface area (Å²) in [6.07, 6.45) is 6.59. The van der Waals surface area contributed by atoms with Crippen molar-refractivity contribution in [2.75, 3.05) is 13.1 Å². The maximum Gasteiger partial charge on any atom is 0.323 e. The molecule has 0 aromatic carbocycles. The van der Waals surface area contributed by atoms with E-state index in [0.717, 1.165) is 19.5 Å². The maximum atomic E-state index is 10.9. The first-order chi connectivity index (χ1) is 7.93. The van der Waals surface area contributed by atoms with Crippen molar-refractivity contribution in [1.29, 1.82) is 0 Å². The molecular formula is C13H26N2O2. The minimum Gasteiger partial charge on any atom is -0.480 e. The molecule has 1 rings (SSSR count). The SMILES string of the molecule is CC1CCCCCN1CCCC(C)(N)C(=O)O. The Labute approximate surface area is 104 Å². The minimum absolute atomic E-state index is 0.547. The van der Waals surface area contributed by atoms with Crippen LogP contribution in [0.5, 0.6) is 0 Å². The molecule has 0 saturated carbocycles.